The molecule has 2 saturated heterocycles. The highest BCUT2D eigenvalue weighted by atomic mass is 16.5. The molecule has 2 aliphatic rings. The molecule has 0 radical (unpaired) electrons. The summed E-state index contributed by atoms with van der Waals surface area (Å²) in [5, 5.41) is 0. The summed E-state index contributed by atoms with van der Waals surface area (Å²) < 4.78 is 5.21. The van der Waals surface area contributed by atoms with Gasteiger partial charge in [0.2, 0.25) is 0 Å². The van der Waals surface area contributed by atoms with Gasteiger partial charge in [0.1, 0.15) is 0 Å². The third kappa shape index (κ3) is 2.03. The van der Waals surface area contributed by atoms with Crippen molar-refractivity contribution in [1.29, 1.82) is 0 Å². The van der Waals surface area contributed by atoms with E-state index in [4.69, 9.17) is 4.74 Å². The van der Waals surface area contributed by atoms with Gasteiger partial charge in [-0.2, -0.15) is 0 Å². The van der Waals surface area contributed by atoms with Crippen LogP contribution < -0.4 is 0 Å². The first-order valence-electron chi connectivity index (χ1n) is 5.25. The van der Waals surface area contributed by atoms with Gasteiger partial charge in [-0.3, -0.25) is 4.90 Å². The molecule has 0 amide bonds. The van der Waals surface area contributed by atoms with Crippen molar-refractivity contribution >= 4 is 0 Å². The highest BCUT2D eigenvalue weighted by molar-refractivity contribution is 4.84. The predicted octanol–water partition coefficient (Wildman–Crippen LogP) is 0.411. The Bertz CT molecular complexity index is 160. The quantitative estimate of drug-likeness (QED) is 0.618. The molecule has 0 spiro atoms. The monoisotopic (exact) mass is 184 g/mol. The molecule has 0 aromatic heterocycles. The maximum atomic E-state index is 5.21. The number of likely N-dealkylation sites (tertiary alicyclic amines) is 1. The van der Waals surface area contributed by atoms with Crippen LogP contribution in [0.5, 0.6) is 0 Å². The smallest absolute Gasteiger partial charge is 0.0645 e. The number of rotatable bonds is 2. The maximum Gasteiger partial charge on any atom is 0.0645 e. The van der Waals surface area contributed by atoms with Gasteiger partial charge in [0, 0.05) is 19.1 Å². The first-order chi connectivity index (χ1) is 6.27. The normalized spacial score (nSPS) is 27.9. The van der Waals surface area contributed by atoms with Crippen LogP contribution in [0.1, 0.15) is 12.8 Å². The van der Waals surface area contributed by atoms with E-state index in [2.05, 4.69) is 23.9 Å². The Kier molecular flexibility index (Phi) is 2.86. The third-order valence-electron chi connectivity index (χ3n) is 3.37. The number of ether oxygens (including phenoxy) is 1. The van der Waals surface area contributed by atoms with Gasteiger partial charge in [-0.25, -0.2) is 0 Å². The molecular weight excluding hydrogens is 164 g/mol. The van der Waals surface area contributed by atoms with Gasteiger partial charge in [0.15, 0.2) is 0 Å². The zero-order chi connectivity index (χ0) is 9.26. The average molecular weight is 184 g/mol. The van der Waals surface area contributed by atoms with Crippen LogP contribution >= 0.6 is 0 Å². The molecule has 2 aliphatic heterocycles. The van der Waals surface area contributed by atoms with Crippen molar-refractivity contribution < 1.29 is 4.74 Å². The van der Waals surface area contributed by atoms with Crippen LogP contribution in [0.3, 0.4) is 0 Å². The summed E-state index contributed by atoms with van der Waals surface area (Å²) in [5.41, 5.74) is 0. The van der Waals surface area contributed by atoms with Gasteiger partial charge < -0.3 is 9.64 Å². The SMILES string of the molecule is CN(C)C1CCN(C2COC2)CC1. The van der Waals surface area contributed by atoms with Crippen molar-refractivity contribution in [3.8, 4) is 0 Å². The Morgan fingerprint density at radius 1 is 1.15 bits per heavy atom. The van der Waals surface area contributed by atoms with E-state index in [1.54, 1.807) is 0 Å². The summed E-state index contributed by atoms with van der Waals surface area (Å²) >= 11 is 0. The van der Waals surface area contributed by atoms with E-state index in [9.17, 15) is 0 Å². The number of nitrogens with zero attached hydrogens (tertiary/aromatic N) is 2. The van der Waals surface area contributed by atoms with Gasteiger partial charge in [0.25, 0.3) is 0 Å². The van der Waals surface area contributed by atoms with E-state index in [0.29, 0.717) is 0 Å². The second kappa shape index (κ2) is 3.95. The molecule has 2 heterocycles. The van der Waals surface area contributed by atoms with Crippen LogP contribution in [0.4, 0.5) is 0 Å². The molecule has 0 unspecified atom stereocenters. The van der Waals surface area contributed by atoms with E-state index in [1.165, 1.54) is 25.9 Å². The standard InChI is InChI=1S/C10H20N2O/c1-11(2)9-3-5-12(6-4-9)10-7-13-8-10/h9-10H,3-8H2,1-2H3. The highest BCUT2D eigenvalue weighted by Gasteiger charge is 2.29. The molecule has 0 bridgehead atoms. The molecular formula is C10H20N2O. The summed E-state index contributed by atoms with van der Waals surface area (Å²) in [4.78, 5) is 4.94. The molecule has 76 valence electrons. The molecule has 13 heavy (non-hydrogen) atoms. The maximum absolute atomic E-state index is 5.21. The lowest BCUT2D eigenvalue weighted by Gasteiger charge is -2.42. The Hall–Kier alpha value is -0.120. The van der Waals surface area contributed by atoms with Crippen molar-refractivity contribution in [1.82, 2.24) is 9.80 Å². The first-order valence-corrected chi connectivity index (χ1v) is 5.25. The van der Waals surface area contributed by atoms with E-state index < -0.39 is 0 Å². The van der Waals surface area contributed by atoms with Crippen molar-refractivity contribution in [2.24, 2.45) is 0 Å². The van der Waals surface area contributed by atoms with Crippen LogP contribution in [0, 0.1) is 0 Å². The van der Waals surface area contributed by atoms with Crippen LogP contribution in [-0.4, -0.2) is 62.3 Å². The van der Waals surface area contributed by atoms with Crippen LogP contribution in [0.2, 0.25) is 0 Å². The second-order valence-electron chi connectivity index (χ2n) is 4.42. The van der Waals surface area contributed by atoms with Crippen molar-refractivity contribution in [3.05, 3.63) is 0 Å². The molecule has 2 rings (SSSR count). The van der Waals surface area contributed by atoms with Gasteiger partial charge in [0.05, 0.1) is 19.3 Å². The zero-order valence-corrected chi connectivity index (χ0v) is 8.70. The molecule has 0 aromatic rings. The minimum Gasteiger partial charge on any atom is -0.378 e. The summed E-state index contributed by atoms with van der Waals surface area (Å²) in [6.07, 6.45) is 2.65. The largest absolute Gasteiger partial charge is 0.378 e. The molecule has 3 heteroatoms. The molecule has 0 N–H and O–H groups in total. The summed E-state index contributed by atoms with van der Waals surface area (Å²) in [6, 6.07) is 1.54. The van der Waals surface area contributed by atoms with E-state index >= 15 is 0 Å². The van der Waals surface area contributed by atoms with Crippen LogP contribution in [-0.2, 0) is 4.74 Å². The lowest BCUT2D eigenvalue weighted by Crippen LogP contribution is -2.53. The van der Waals surface area contributed by atoms with Crippen molar-refractivity contribution in [3.63, 3.8) is 0 Å². The topological polar surface area (TPSA) is 15.7 Å². The molecule has 0 aromatic carbocycles. The first kappa shape index (κ1) is 9.44. The fourth-order valence-electron chi connectivity index (χ4n) is 2.20. The molecule has 3 nitrogen and oxygen atoms in total. The Labute approximate surface area is 80.6 Å². The van der Waals surface area contributed by atoms with Gasteiger partial charge in [-0.05, 0) is 26.9 Å². The molecule has 0 atom stereocenters. The Morgan fingerprint density at radius 3 is 2.15 bits per heavy atom. The van der Waals surface area contributed by atoms with Gasteiger partial charge in [-0.1, -0.05) is 0 Å². The van der Waals surface area contributed by atoms with Gasteiger partial charge in [-0.15, -0.1) is 0 Å². The predicted molar refractivity (Wildman–Crippen MR) is 52.9 cm³/mol. The van der Waals surface area contributed by atoms with Crippen LogP contribution in [0.25, 0.3) is 0 Å². The van der Waals surface area contributed by atoms with E-state index in [-0.39, 0.29) is 0 Å². The zero-order valence-electron chi connectivity index (χ0n) is 8.70. The summed E-state index contributed by atoms with van der Waals surface area (Å²) in [7, 11) is 4.37. The number of hydrogen-bond donors (Lipinski definition) is 0. The van der Waals surface area contributed by atoms with E-state index in [0.717, 1.165) is 25.3 Å². The lowest BCUT2D eigenvalue weighted by atomic mass is 10.0. The number of piperidine rings is 1. The van der Waals surface area contributed by atoms with Crippen molar-refractivity contribution in [2.75, 3.05) is 40.4 Å². The third-order valence-corrected chi connectivity index (χ3v) is 3.37. The van der Waals surface area contributed by atoms with Crippen molar-refractivity contribution in [2.45, 2.75) is 24.9 Å². The Morgan fingerprint density at radius 2 is 1.77 bits per heavy atom. The Balaban J connectivity index is 1.75. The minimum atomic E-state index is 0.739. The lowest BCUT2D eigenvalue weighted by molar-refractivity contribution is -0.0747. The molecule has 0 saturated carbocycles. The summed E-state index contributed by atoms with van der Waals surface area (Å²) in [6.45, 7) is 4.45. The average Bonchev–Trinajstić information content (AvgIpc) is 2.02. The summed E-state index contributed by atoms with van der Waals surface area (Å²) in [5.74, 6) is 0. The minimum absolute atomic E-state index is 0.739. The fourth-order valence-corrected chi connectivity index (χ4v) is 2.20. The fraction of sp³-hybridized carbons (Fsp3) is 1.00. The van der Waals surface area contributed by atoms with E-state index in [1.807, 2.05) is 0 Å². The van der Waals surface area contributed by atoms with Crippen LogP contribution in [0.15, 0.2) is 0 Å². The van der Waals surface area contributed by atoms with Gasteiger partial charge >= 0.3 is 0 Å². The highest BCUT2D eigenvalue weighted by Crippen LogP contribution is 2.19. The second-order valence-corrected chi connectivity index (χ2v) is 4.42. The number of hydrogen-bond acceptors (Lipinski definition) is 3. The molecule has 0 aliphatic carbocycles. The molecule has 2 fully saturated rings.